The maximum absolute atomic E-state index is 13.1. The molecule has 6 heteroatoms. The van der Waals surface area contributed by atoms with E-state index in [1.807, 2.05) is 62.1 Å². The first kappa shape index (κ1) is 21.2. The molecular formula is C23H28ClN3O2. The second-order valence-electron chi connectivity index (χ2n) is 8.64. The summed E-state index contributed by atoms with van der Waals surface area (Å²) >= 11 is 6.29. The first-order valence-electron chi connectivity index (χ1n) is 9.93. The third-order valence-electron chi connectivity index (χ3n) is 4.75. The van der Waals surface area contributed by atoms with Gasteiger partial charge in [-0.3, -0.25) is 9.69 Å². The van der Waals surface area contributed by atoms with Crippen LogP contribution in [0.25, 0.3) is 0 Å². The van der Waals surface area contributed by atoms with E-state index < -0.39 is 0 Å². The number of benzene rings is 2. The number of amides is 3. The van der Waals surface area contributed by atoms with Crippen molar-refractivity contribution < 1.29 is 9.59 Å². The minimum Gasteiger partial charge on any atom is -0.325 e. The van der Waals surface area contributed by atoms with Gasteiger partial charge in [-0.15, -0.1) is 0 Å². The van der Waals surface area contributed by atoms with E-state index in [0.29, 0.717) is 30.2 Å². The largest absolute Gasteiger partial charge is 0.325 e. The molecule has 5 nitrogen and oxygen atoms in total. The van der Waals surface area contributed by atoms with Gasteiger partial charge >= 0.3 is 6.03 Å². The molecule has 1 fully saturated rings. The standard InChI is InChI=1S/C23H28ClN3O2/c1-23(2,3)15-21(28)25-20-14-18(10-11-19(20)24)27-13-7-12-26(22(27)29)16-17-8-5-4-6-9-17/h4-6,8-11,14H,7,12-13,15-16H2,1-3H3,(H,25,28). The summed E-state index contributed by atoms with van der Waals surface area (Å²) in [6, 6.07) is 15.3. The van der Waals surface area contributed by atoms with Crippen molar-refractivity contribution in [1.82, 2.24) is 4.90 Å². The number of carbonyl (C=O) groups is 2. The molecule has 2 aromatic rings. The molecule has 0 saturated carbocycles. The van der Waals surface area contributed by atoms with Crippen molar-refractivity contribution in [2.45, 2.75) is 40.2 Å². The van der Waals surface area contributed by atoms with Gasteiger partial charge in [0.25, 0.3) is 0 Å². The summed E-state index contributed by atoms with van der Waals surface area (Å²) < 4.78 is 0. The fourth-order valence-corrected chi connectivity index (χ4v) is 3.59. The van der Waals surface area contributed by atoms with Crippen LogP contribution in [0.15, 0.2) is 48.5 Å². The van der Waals surface area contributed by atoms with Crippen LogP contribution in [-0.4, -0.2) is 29.9 Å². The number of nitrogens with zero attached hydrogens (tertiary/aromatic N) is 2. The van der Waals surface area contributed by atoms with Crippen LogP contribution >= 0.6 is 11.6 Å². The molecule has 3 rings (SSSR count). The zero-order chi connectivity index (χ0) is 21.0. The van der Waals surface area contributed by atoms with Crippen LogP contribution in [0.1, 0.15) is 39.2 Å². The number of hydrogen-bond acceptors (Lipinski definition) is 2. The lowest BCUT2D eigenvalue weighted by Crippen LogP contribution is -2.49. The predicted molar refractivity (Wildman–Crippen MR) is 118 cm³/mol. The SMILES string of the molecule is CC(C)(C)CC(=O)Nc1cc(N2CCCN(Cc3ccccc3)C2=O)ccc1Cl. The Morgan fingerprint density at radius 1 is 1.10 bits per heavy atom. The fourth-order valence-electron chi connectivity index (χ4n) is 3.42. The predicted octanol–water partition coefficient (Wildman–Crippen LogP) is 5.55. The van der Waals surface area contributed by atoms with Crippen molar-refractivity contribution in [3.8, 4) is 0 Å². The summed E-state index contributed by atoms with van der Waals surface area (Å²) in [5.41, 5.74) is 2.26. The van der Waals surface area contributed by atoms with Crippen molar-refractivity contribution in [1.29, 1.82) is 0 Å². The molecule has 0 unspecified atom stereocenters. The lowest BCUT2D eigenvalue weighted by molar-refractivity contribution is -0.117. The quantitative estimate of drug-likeness (QED) is 0.698. The normalized spacial score (nSPS) is 14.8. The minimum atomic E-state index is -0.116. The maximum Gasteiger partial charge on any atom is 0.324 e. The molecule has 0 radical (unpaired) electrons. The molecule has 0 bridgehead atoms. The van der Waals surface area contributed by atoms with Gasteiger partial charge in [0.2, 0.25) is 5.91 Å². The molecule has 0 atom stereocenters. The number of urea groups is 1. The Balaban J connectivity index is 1.75. The summed E-state index contributed by atoms with van der Waals surface area (Å²) in [6.07, 6.45) is 1.27. The number of anilines is 2. The fraction of sp³-hybridized carbons (Fsp3) is 0.391. The molecule has 1 heterocycles. The number of halogens is 1. The van der Waals surface area contributed by atoms with Gasteiger partial charge < -0.3 is 10.2 Å². The van der Waals surface area contributed by atoms with Gasteiger partial charge in [-0.2, -0.15) is 0 Å². The van der Waals surface area contributed by atoms with Gasteiger partial charge in [0.1, 0.15) is 0 Å². The van der Waals surface area contributed by atoms with Gasteiger partial charge in [0.15, 0.2) is 0 Å². The van der Waals surface area contributed by atoms with Gasteiger partial charge in [-0.25, -0.2) is 4.79 Å². The smallest absolute Gasteiger partial charge is 0.324 e. The van der Waals surface area contributed by atoms with E-state index in [4.69, 9.17) is 11.6 Å². The van der Waals surface area contributed by atoms with E-state index in [2.05, 4.69) is 5.32 Å². The van der Waals surface area contributed by atoms with E-state index in [1.54, 1.807) is 17.0 Å². The van der Waals surface area contributed by atoms with Crippen molar-refractivity contribution in [2.75, 3.05) is 23.3 Å². The van der Waals surface area contributed by atoms with Crippen LogP contribution in [0.3, 0.4) is 0 Å². The average molecular weight is 414 g/mol. The van der Waals surface area contributed by atoms with E-state index >= 15 is 0 Å². The van der Waals surface area contributed by atoms with Crippen LogP contribution in [0.4, 0.5) is 16.2 Å². The number of carbonyl (C=O) groups excluding carboxylic acids is 2. The van der Waals surface area contributed by atoms with Crippen LogP contribution < -0.4 is 10.2 Å². The zero-order valence-electron chi connectivity index (χ0n) is 17.2. The second-order valence-corrected chi connectivity index (χ2v) is 9.05. The first-order chi connectivity index (χ1) is 13.7. The third kappa shape index (κ3) is 5.73. The van der Waals surface area contributed by atoms with E-state index in [1.165, 1.54) is 0 Å². The molecule has 29 heavy (non-hydrogen) atoms. The molecule has 0 spiro atoms. The Morgan fingerprint density at radius 3 is 2.52 bits per heavy atom. The molecule has 0 aromatic heterocycles. The Bertz CT molecular complexity index is 877. The average Bonchev–Trinajstić information content (AvgIpc) is 2.65. The zero-order valence-corrected chi connectivity index (χ0v) is 18.0. The molecule has 154 valence electrons. The highest BCUT2D eigenvalue weighted by Gasteiger charge is 2.27. The molecule has 1 N–H and O–H groups in total. The summed E-state index contributed by atoms with van der Waals surface area (Å²) in [6.45, 7) is 7.99. The number of hydrogen-bond donors (Lipinski definition) is 1. The molecule has 3 amide bonds. The minimum absolute atomic E-state index is 0.0330. The topological polar surface area (TPSA) is 52.7 Å². The van der Waals surface area contributed by atoms with Gasteiger partial charge in [-0.05, 0) is 35.6 Å². The Labute approximate surface area is 177 Å². The van der Waals surface area contributed by atoms with Crippen LogP contribution in [-0.2, 0) is 11.3 Å². The highest BCUT2D eigenvalue weighted by molar-refractivity contribution is 6.33. The maximum atomic E-state index is 13.1. The molecule has 1 aliphatic rings. The summed E-state index contributed by atoms with van der Waals surface area (Å²) in [5.74, 6) is -0.0905. The summed E-state index contributed by atoms with van der Waals surface area (Å²) in [7, 11) is 0. The van der Waals surface area contributed by atoms with Gasteiger partial charge in [0.05, 0.1) is 10.7 Å². The van der Waals surface area contributed by atoms with Crippen molar-refractivity contribution in [2.24, 2.45) is 5.41 Å². The molecule has 2 aromatic carbocycles. The van der Waals surface area contributed by atoms with Gasteiger partial charge in [-0.1, -0.05) is 62.7 Å². The monoisotopic (exact) mass is 413 g/mol. The molecule has 1 saturated heterocycles. The molecular weight excluding hydrogens is 386 g/mol. The Morgan fingerprint density at radius 2 is 1.83 bits per heavy atom. The molecule has 1 aliphatic heterocycles. The second kappa shape index (κ2) is 8.87. The van der Waals surface area contributed by atoms with E-state index in [9.17, 15) is 9.59 Å². The van der Waals surface area contributed by atoms with Gasteiger partial charge in [0, 0.05) is 31.7 Å². The summed E-state index contributed by atoms with van der Waals surface area (Å²) in [5, 5.41) is 3.35. The molecule has 0 aliphatic carbocycles. The summed E-state index contributed by atoms with van der Waals surface area (Å²) in [4.78, 5) is 29.0. The van der Waals surface area contributed by atoms with Crippen molar-refractivity contribution >= 4 is 34.9 Å². The number of rotatable bonds is 5. The highest BCUT2D eigenvalue weighted by atomic mass is 35.5. The van der Waals surface area contributed by atoms with Crippen LogP contribution in [0, 0.1) is 5.41 Å². The Hall–Kier alpha value is -2.53. The van der Waals surface area contributed by atoms with Crippen molar-refractivity contribution in [3.05, 3.63) is 59.1 Å². The third-order valence-corrected chi connectivity index (χ3v) is 5.08. The van der Waals surface area contributed by atoms with Crippen molar-refractivity contribution in [3.63, 3.8) is 0 Å². The number of nitrogens with one attached hydrogen (secondary N) is 1. The van der Waals surface area contributed by atoms with Crippen LogP contribution in [0.2, 0.25) is 5.02 Å². The van der Waals surface area contributed by atoms with E-state index in [0.717, 1.165) is 24.2 Å². The van der Waals surface area contributed by atoms with Crippen LogP contribution in [0.5, 0.6) is 0 Å². The lowest BCUT2D eigenvalue weighted by Gasteiger charge is -2.36. The highest BCUT2D eigenvalue weighted by Crippen LogP contribution is 2.30. The van der Waals surface area contributed by atoms with E-state index in [-0.39, 0.29) is 17.4 Å². The first-order valence-corrected chi connectivity index (χ1v) is 10.3. The lowest BCUT2D eigenvalue weighted by atomic mass is 9.92. The Kier molecular flexibility index (Phi) is 6.48.